The second-order valence-electron chi connectivity index (χ2n) is 7.41. The van der Waals surface area contributed by atoms with Crippen molar-refractivity contribution in [3.8, 4) is 6.07 Å². The van der Waals surface area contributed by atoms with E-state index in [1.165, 1.54) is 30.3 Å². The van der Waals surface area contributed by atoms with Gasteiger partial charge in [-0.1, -0.05) is 53.5 Å². The summed E-state index contributed by atoms with van der Waals surface area (Å²) in [6, 6.07) is 20.5. The number of nitro benzene ring substituents is 1. The molecular formula is C25H16Cl2N4O3. The Labute approximate surface area is 204 Å². The number of hydrogen-bond donors (Lipinski definition) is 1. The molecule has 4 aromatic rings. The normalized spacial score (nSPS) is 11.3. The van der Waals surface area contributed by atoms with Gasteiger partial charge in [-0.15, -0.1) is 0 Å². The highest BCUT2D eigenvalue weighted by Gasteiger charge is 2.15. The summed E-state index contributed by atoms with van der Waals surface area (Å²) in [5.41, 5.74) is 2.46. The molecule has 1 aromatic heterocycles. The molecule has 0 aliphatic rings. The first-order chi connectivity index (χ1) is 16.4. The van der Waals surface area contributed by atoms with Gasteiger partial charge in [0.1, 0.15) is 11.6 Å². The molecular weight excluding hydrogens is 475 g/mol. The van der Waals surface area contributed by atoms with Crippen molar-refractivity contribution in [2.24, 2.45) is 0 Å². The van der Waals surface area contributed by atoms with E-state index in [9.17, 15) is 20.2 Å². The van der Waals surface area contributed by atoms with Crippen molar-refractivity contribution in [1.82, 2.24) is 4.57 Å². The third-order valence-electron chi connectivity index (χ3n) is 5.14. The molecule has 0 saturated carbocycles. The van der Waals surface area contributed by atoms with E-state index in [1.807, 2.05) is 47.2 Å². The van der Waals surface area contributed by atoms with Crippen LogP contribution in [0.3, 0.4) is 0 Å². The highest BCUT2D eigenvalue weighted by molar-refractivity contribution is 6.42. The SMILES string of the molecule is N#C/C(=C\c1cn(Cc2ccc(Cl)c(Cl)c2)c2ccccc12)C(=O)Nc1cccc([N+](=O)[O-])c1. The summed E-state index contributed by atoms with van der Waals surface area (Å²) in [6.45, 7) is 0.507. The molecule has 1 heterocycles. The average molecular weight is 491 g/mol. The maximum atomic E-state index is 12.7. The monoisotopic (exact) mass is 490 g/mol. The zero-order chi connectivity index (χ0) is 24.2. The molecule has 9 heteroatoms. The first-order valence-corrected chi connectivity index (χ1v) is 10.8. The Morgan fingerprint density at radius 3 is 2.62 bits per heavy atom. The lowest BCUT2D eigenvalue weighted by atomic mass is 10.1. The fraction of sp³-hybridized carbons (Fsp3) is 0.0400. The van der Waals surface area contributed by atoms with Gasteiger partial charge in [-0.2, -0.15) is 5.26 Å². The molecule has 0 fully saturated rings. The van der Waals surface area contributed by atoms with E-state index in [0.717, 1.165) is 16.5 Å². The first-order valence-electron chi connectivity index (χ1n) is 10.0. The van der Waals surface area contributed by atoms with Crippen LogP contribution in [0, 0.1) is 21.4 Å². The van der Waals surface area contributed by atoms with Crippen LogP contribution in [0.1, 0.15) is 11.1 Å². The first kappa shape index (κ1) is 23.1. The fourth-order valence-electron chi connectivity index (χ4n) is 3.56. The predicted molar refractivity (Wildman–Crippen MR) is 133 cm³/mol. The summed E-state index contributed by atoms with van der Waals surface area (Å²) < 4.78 is 1.99. The van der Waals surface area contributed by atoms with E-state index < -0.39 is 10.8 Å². The number of nitro groups is 1. The highest BCUT2D eigenvalue weighted by Crippen LogP contribution is 2.27. The molecule has 7 nitrogen and oxygen atoms in total. The Morgan fingerprint density at radius 2 is 1.88 bits per heavy atom. The predicted octanol–water partition coefficient (Wildman–Crippen LogP) is 6.45. The van der Waals surface area contributed by atoms with Crippen LogP contribution in [0.15, 0.2) is 78.5 Å². The molecule has 0 radical (unpaired) electrons. The number of nitrogens with zero attached hydrogens (tertiary/aromatic N) is 3. The van der Waals surface area contributed by atoms with Gasteiger partial charge in [0.25, 0.3) is 11.6 Å². The molecule has 3 aromatic carbocycles. The number of fused-ring (bicyclic) bond motifs is 1. The Hall–Kier alpha value is -4.12. The molecule has 0 atom stereocenters. The number of rotatable bonds is 6. The summed E-state index contributed by atoms with van der Waals surface area (Å²) in [4.78, 5) is 23.1. The van der Waals surface area contributed by atoms with E-state index in [4.69, 9.17) is 23.2 Å². The molecule has 4 rings (SSSR count). The third kappa shape index (κ3) is 4.94. The molecule has 0 spiro atoms. The number of amides is 1. The van der Waals surface area contributed by atoms with Gasteiger partial charge >= 0.3 is 0 Å². The summed E-state index contributed by atoms with van der Waals surface area (Å²) in [6.07, 6.45) is 3.35. The number of nitriles is 1. The highest BCUT2D eigenvalue weighted by atomic mass is 35.5. The Kier molecular flexibility index (Phi) is 6.64. The molecule has 1 N–H and O–H groups in total. The van der Waals surface area contributed by atoms with Crippen molar-refractivity contribution < 1.29 is 9.72 Å². The lowest BCUT2D eigenvalue weighted by Gasteiger charge is -2.06. The number of non-ortho nitro benzene ring substituents is 1. The van der Waals surface area contributed by atoms with Crippen LogP contribution < -0.4 is 5.32 Å². The lowest BCUT2D eigenvalue weighted by molar-refractivity contribution is -0.384. The van der Waals surface area contributed by atoms with Crippen LogP contribution >= 0.6 is 23.2 Å². The lowest BCUT2D eigenvalue weighted by Crippen LogP contribution is -2.13. The number of nitrogens with one attached hydrogen (secondary N) is 1. The maximum absolute atomic E-state index is 12.7. The average Bonchev–Trinajstić information content (AvgIpc) is 3.17. The van der Waals surface area contributed by atoms with Gasteiger partial charge in [-0.25, -0.2) is 0 Å². The Bertz CT molecular complexity index is 1500. The number of para-hydroxylation sites is 1. The van der Waals surface area contributed by atoms with Crippen LogP contribution in [0.4, 0.5) is 11.4 Å². The van der Waals surface area contributed by atoms with Gasteiger partial charge in [0, 0.05) is 47.0 Å². The standard InChI is InChI=1S/C25H16Cl2N4O3/c26-22-9-8-16(10-23(22)27)14-30-15-18(21-6-1-2-7-24(21)30)11-17(13-28)25(32)29-19-4-3-5-20(12-19)31(33)34/h1-12,15H,14H2,(H,29,32)/b17-11+. The van der Waals surface area contributed by atoms with Crippen molar-refractivity contribution >= 4 is 57.5 Å². The quantitative estimate of drug-likeness (QED) is 0.145. The van der Waals surface area contributed by atoms with Crippen molar-refractivity contribution in [3.63, 3.8) is 0 Å². The molecule has 0 unspecified atom stereocenters. The molecule has 34 heavy (non-hydrogen) atoms. The minimum Gasteiger partial charge on any atom is -0.342 e. The van der Waals surface area contributed by atoms with Gasteiger partial charge in [-0.05, 0) is 35.9 Å². The largest absolute Gasteiger partial charge is 0.342 e. The zero-order valence-electron chi connectivity index (χ0n) is 17.5. The number of aromatic nitrogens is 1. The molecule has 1 amide bonds. The van der Waals surface area contributed by atoms with Gasteiger partial charge in [-0.3, -0.25) is 14.9 Å². The van der Waals surface area contributed by atoms with Crippen molar-refractivity contribution in [3.05, 3.63) is 110 Å². The van der Waals surface area contributed by atoms with Crippen LogP contribution in [-0.4, -0.2) is 15.4 Å². The summed E-state index contributed by atoms with van der Waals surface area (Å²) in [5, 5.41) is 24.9. The Balaban J connectivity index is 1.67. The van der Waals surface area contributed by atoms with E-state index in [-0.39, 0.29) is 16.9 Å². The van der Waals surface area contributed by atoms with E-state index in [1.54, 1.807) is 12.1 Å². The molecule has 0 bridgehead atoms. The number of benzene rings is 3. The number of anilines is 1. The second-order valence-corrected chi connectivity index (χ2v) is 8.22. The zero-order valence-corrected chi connectivity index (χ0v) is 19.0. The number of carbonyl (C=O) groups is 1. The van der Waals surface area contributed by atoms with Gasteiger partial charge in [0.05, 0.1) is 15.0 Å². The van der Waals surface area contributed by atoms with E-state index >= 15 is 0 Å². The molecule has 0 aliphatic heterocycles. The van der Waals surface area contributed by atoms with Gasteiger partial charge < -0.3 is 9.88 Å². The topological polar surface area (TPSA) is 101 Å². The Morgan fingerprint density at radius 1 is 1.09 bits per heavy atom. The minimum atomic E-state index is -0.663. The van der Waals surface area contributed by atoms with Crippen molar-refractivity contribution in [2.75, 3.05) is 5.32 Å². The molecule has 0 saturated heterocycles. The fourth-order valence-corrected chi connectivity index (χ4v) is 3.88. The number of hydrogen-bond acceptors (Lipinski definition) is 4. The van der Waals surface area contributed by atoms with E-state index in [0.29, 0.717) is 22.2 Å². The van der Waals surface area contributed by atoms with Crippen LogP contribution in [0.25, 0.3) is 17.0 Å². The summed E-state index contributed by atoms with van der Waals surface area (Å²) >= 11 is 12.2. The second kappa shape index (κ2) is 9.79. The van der Waals surface area contributed by atoms with Crippen LogP contribution in [0.2, 0.25) is 10.0 Å². The van der Waals surface area contributed by atoms with Gasteiger partial charge in [0.2, 0.25) is 0 Å². The summed E-state index contributed by atoms with van der Waals surface area (Å²) in [5.74, 6) is -0.663. The van der Waals surface area contributed by atoms with Crippen LogP contribution in [0.5, 0.6) is 0 Å². The van der Waals surface area contributed by atoms with E-state index in [2.05, 4.69) is 5.32 Å². The summed E-state index contributed by atoms with van der Waals surface area (Å²) in [7, 11) is 0. The van der Waals surface area contributed by atoms with Crippen molar-refractivity contribution in [1.29, 1.82) is 5.26 Å². The molecule has 0 aliphatic carbocycles. The molecule has 168 valence electrons. The third-order valence-corrected chi connectivity index (χ3v) is 5.88. The van der Waals surface area contributed by atoms with Crippen LogP contribution in [-0.2, 0) is 11.3 Å². The maximum Gasteiger partial charge on any atom is 0.271 e. The minimum absolute atomic E-state index is 0.135. The number of carbonyl (C=O) groups excluding carboxylic acids is 1. The van der Waals surface area contributed by atoms with Gasteiger partial charge in [0.15, 0.2) is 0 Å². The smallest absolute Gasteiger partial charge is 0.271 e. The number of halogens is 2. The van der Waals surface area contributed by atoms with Crippen molar-refractivity contribution in [2.45, 2.75) is 6.54 Å².